The quantitative estimate of drug-likeness (QED) is 0.361. The van der Waals surface area contributed by atoms with Gasteiger partial charge in [-0.3, -0.25) is 9.36 Å². The van der Waals surface area contributed by atoms with Crippen molar-refractivity contribution in [3.8, 4) is 5.75 Å². The summed E-state index contributed by atoms with van der Waals surface area (Å²) in [5, 5.41) is 3.53. The molecular weight excluding hydrogens is 471 g/mol. The first kappa shape index (κ1) is 23.6. The van der Waals surface area contributed by atoms with Crippen molar-refractivity contribution < 1.29 is 17.9 Å². The van der Waals surface area contributed by atoms with E-state index < -0.39 is 30.8 Å². The van der Waals surface area contributed by atoms with E-state index in [4.69, 9.17) is 16.3 Å². The number of anilines is 2. The SMILES string of the molecule is CCn1cnc2c1c(=O)nc(Nc1ccc(OC(CF)CF)c(F)c1)n2Cc1ccc(Cl)cc1. The smallest absolute Gasteiger partial charge is 0.300 e. The molecule has 0 spiro atoms. The summed E-state index contributed by atoms with van der Waals surface area (Å²) in [6.45, 7) is 0.566. The fourth-order valence-electron chi connectivity index (χ4n) is 3.44. The van der Waals surface area contributed by atoms with Crippen LogP contribution >= 0.6 is 11.6 Å². The number of aromatic nitrogens is 4. The first-order valence-corrected chi connectivity index (χ1v) is 10.9. The summed E-state index contributed by atoms with van der Waals surface area (Å²) in [6.07, 6.45) is 0.184. The van der Waals surface area contributed by atoms with Crippen LogP contribution in [0.1, 0.15) is 12.5 Å². The minimum absolute atomic E-state index is 0.146. The monoisotopic (exact) mass is 491 g/mol. The Kier molecular flexibility index (Phi) is 7.06. The van der Waals surface area contributed by atoms with E-state index in [9.17, 15) is 18.0 Å². The number of nitrogens with one attached hydrogen (secondary N) is 1. The number of rotatable bonds is 9. The highest BCUT2D eigenvalue weighted by molar-refractivity contribution is 6.30. The number of benzene rings is 2. The zero-order chi connectivity index (χ0) is 24.2. The standard InChI is InChI=1S/C23H21ClF3N5O2/c1-2-31-13-28-21-20(31)22(33)30-23(32(21)12-14-3-5-15(24)6-4-14)29-16-7-8-19(18(27)9-16)34-17(10-25)11-26/h3-9,13,17H,2,10-12H2,1H3,(H,29,30,33). The van der Waals surface area contributed by atoms with E-state index in [1.807, 2.05) is 19.1 Å². The summed E-state index contributed by atoms with van der Waals surface area (Å²) < 4.78 is 48.4. The van der Waals surface area contributed by atoms with Gasteiger partial charge in [-0.05, 0) is 36.8 Å². The molecule has 0 unspecified atom stereocenters. The van der Waals surface area contributed by atoms with E-state index in [0.29, 0.717) is 29.3 Å². The molecule has 178 valence electrons. The second kappa shape index (κ2) is 10.2. The van der Waals surface area contributed by atoms with E-state index in [2.05, 4.69) is 15.3 Å². The summed E-state index contributed by atoms with van der Waals surface area (Å²) in [5.74, 6) is -0.957. The molecule has 2 heterocycles. The number of halogens is 4. The van der Waals surface area contributed by atoms with Crippen LogP contribution in [0.2, 0.25) is 5.02 Å². The van der Waals surface area contributed by atoms with Gasteiger partial charge >= 0.3 is 5.56 Å². The number of ether oxygens (including phenoxy) is 1. The molecule has 4 aromatic rings. The maximum atomic E-state index is 14.5. The van der Waals surface area contributed by atoms with Gasteiger partial charge in [0.1, 0.15) is 13.3 Å². The van der Waals surface area contributed by atoms with Gasteiger partial charge in [-0.1, -0.05) is 23.7 Å². The van der Waals surface area contributed by atoms with Crippen LogP contribution in [0.25, 0.3) is 11.2 Å². The highest BCUT2D eigenvalue weighted by Crippen LogP contribution is 2.26. The Labute approximate surface area is 197 Å². The van der Waals surface area contributed by atoms with Gasteiger partial charge < -0.3 is 14.6 Å². The van der Waals surface area contributed by atoms with E-state index in [1.165, 1.54) is 12.1 Å². The largest absolute Gasteiger partial charge is 0.482 e. The molecule has 0 aliphatic carbocycles. The predicted molar refractivity (Wildman–Crippen MR) is 124 cm³/mol. The van der Waals surface area contributed by atoms with Crippen molar-refractivity contribution in [1.29, 1.82) is 0 Å². The summed E-state index contributed by atoms with van der Waals surface area (Å²) in [6, 6.07) is 11.0. The second-order valence-electron chi connectivity index (χ2n) is 7.47. The molecule has 7 nitrogen and oxygen atoms in total. The van der Waals surface area contributed by atoms with Crippen molar-refractivity contribution in [3.63, 3.8) is 0 Å². The normalized spacial score (nSPS) is 11.4. The lowest BCUT2D eigenvalue weighted by atomic mass is 10.2. The first-order valence-electron chi connectivity index (χ1n) is 10.5. The van der Waals surface area contributed by atoms with Crippen LogP contribution in [0.5, 0.6) is 5.75 Å². The first-order chi connectivity index (χ1) is 16.4. The molecule has 0 aliphatic rings. The molecule has 0 amide bonds. The predicted octanol–water partition coefficient (Wildman–Crippen LogP) is 4.88. The Morgan fingerprint density at radius 1 is 1.15 bits per heavy atom. The van der Waals surface area contributed by atoms with E-state index in [0.717, 1.165) is 11.6 Å². The molecule has 2 aromatic heterocycles. The van der Waals surface area contributed by atoms with Gasteiger partial charge in [0.2, 0.25) is 5.95 Å². The molecule has 0 atom stereocenters. The van der Waals surface area contributed by atoms with Crippen LogP contribution < -0.4 is 15.6 Å². The molecule has 34 heavy (non-hydrogen) atoms. The minimum atomic E-state index is -1.38. The number of imidazole rings is 1. The van der Waals surface area contributed by atoms with Gasteiger partial charge in [0.25, 0.3) is 0 Å². The number of alkyl halides is 2. The maximum Gasteiger partial charge on any atom is 0.300 e. The van der Waals surface area contributed by atoms with Crippen LogP contribution in [0.3, 0.4) is 0 Å². The van der Waals surface area contributed by atoms with Crippen molar-refractivity contribution in [2.24, 2.45) is 0 Å². The maximum absolute atomic E-state index is 14.5. The van der Waals surface area contributed by atoms with Crippen molar-refractivity contribution in [1.82, 2.24) is 19.1 Å². The van der Waals surface area contributed by atoms with E-state index in [1.54, 1.807) is 27.6 Å². The topological polar surface area (TPSA) is 74.0 Å². The van der Waals surface area contributed by atoms with Crippen LogP contribution in [0.15, 0.2) is 53.6 Å². The number of hydrogen-bond donors (Lipinski definition) is 1. The minimum Gasteiger partial charge on any atom is -0.482 e. The van der Waals surface area contributed by atoms with E-state index >= 15 is 0 Å². The second-order valence-corrected chi connectivity index (χ2v) is 7.91. The molecule has 1 N–H and O–H groups in total. The van der Waals surface area contributed by atoms with Crippen molar-refractivity contribution >= 4 is 34.4 Å². The molecule has 4 rings (SSSR count). The van der Waals surface area contributed by atoms with Gasteiger partial charge in [-0.25, -0.2) is 18.2 Å². The van der Waals surface area contributed by atoms with Gasteiger partial charge in [0, 0.05) is 23.3 Å². The fourth-order valence-corrected chi connectivity index (χ4v) is 3.57. The Morgan fingerprint density at radius 2 is 1.88 bits per heavy atom. The Balaban J connectivity index is 1.73. The Hall–Kier alpha value is -3.53. The molecule has 0 saturated carbocycles. The molecule has 2 aromatic carbocycles. The van der Waals surface area contributed by atoms with E-state index in [-0.39, 0.29) is 17.4 Å². The fraction of sp³-hybridized carbons (Fsp3) is 0.261. The highest BCUT2D eigenvalue weighted by Gasteiger charge is 2.18. The third-order valence-electron chi connectivity index (χ3n) is 5.16. The number of fused-ring (bicyclic) bond motifs is 1. The average Bonchev–Trinajstić information content (AvgIpc) is 3.27. The molecule has 0 saturated heterocycles. The lowest BCUT2D eigenvalue weighted by Crippen LogP contribution is -2.22. The van der Waals surface area contributed by atoms with Gasteiger partial charge in [0.15, 0.2) is 28.8 Å². The summed E-state index contributed by atoms with van der Waals surface area (Å²) in [4.78, 5) is 21.4. The van der Waals surface area contributed by atoms with Crippen molar-refractivity contribution in [2.75, 3.05) is 18.7 Å². The van der Waals surface area contributed by atoms with Crippen molar-refractivity contribution in [3.05, 3.63) is 75.5 Å². The van der Waals surface area contributed by atoms with Crippen LogP contribution in [0.4, 0.5) is 24.8 Å². The summed E-state index contributed by atoms with van der Waals surface area (Å²) in [5.41, 5.74) is 1.41. The Morgan fingerprint density at radius 3 is 2.53 bits per heavy atom. The van der Waals surface area contributed by atoms with Crippen LogP contribution in [-0.2, 0) is 13.1 Å². The summed E-state index contributed by atoms with van der Waals surface area (Å²) in [7, 11) is 0. The third-order valence-corrected chi connectivity index (χ3v) is 5.41. The zero-order valence-electron chi connectivity index (χ0n) is 18.1. The Bertz CT molecular complexity index is 1350. The van der Waals surface area contributed by atoms with Gasteiger partial charge in [-0.2, -0.15) is 4.98 Å². The number of nitrogens with zero attached hydrogens (tertiary/aromatic N) is 4. The zero-order valence-corrected chi connectivity index (χ0v) is 18.9. The average molecular weight is 492 g/mol. The third kappa shape index (κ3) is 4.86. The molecule has 0 aliphatic heterocycles. The van der Waals surface area contributed by atoms with Gasteiger partial charge in [-0.15, -0.1) is 0 Å². The molecule has 0 fully saturated rings. The number of aryl methyl sites for hydroxylation is 1. The lowest BCUT2D eigenvalue weighted by molar-refractivity contribution is 0.128. The highest BCUT2D eigenvalue weighted by atomic mass is 35.5. The lowest BCUT2D eigenvalue weighted by Gasteiger charge is -2.17. The molecule has 11 heteroatoms. The molecule has 0 radical (unpaired) electrons. The number of hydrogen-bond acceptors (Lipinski definition) is 5. The summed E-state index contributed by atoms with van der Waals surface area (Å²) >= 11 is 5.99. The van der Waals surface area contributed by atoms with Crippen LogP contribution in [-0.4, -0.2) is 38.6 Å². The van der Waals surface area contributed by atoms with Gasteiger partial charge in [0.05, 0.1) is 12.9 Å². The van der Waals surface area contributed by atoms with Crippen molar-refractivity contribution in [2.45, 2.75) is 26.1 Å². The molecule has 0 bridgehead atoms. The molecular formula is C23H21ClF3N5O2. The van der Waals surface area contributed by atoms with Crippen LogP contribution in [0, 0.1) is 5.82 Å².